The average Bonchev–Trinajstić information content (AvgIpc) is 2.76. The van der Waals surface area contributed by atoms with Gasteiger partial charge in [-0.05, 0) is 49.2 Å². The summed E-state index contributed by atoms with van der Waals surface area (Å²) in [6, 6.07) is 12.4. The first-order valence-corrected chi connectivity index (χ1v) is 7.79. The molecule has 23 heavy (non-hydrogen) atoms. The van der Waals surface area contributed by atoms with Crippen LogP contribution in [0.4, 0.5) is 11.4 Å². The number of carbonyl (C=O) groups excluding carboxylic acids is 2. The number of nitrogens with one attached hydrogen (secondary N) is 1. The van der Waals surface area contributed by atoms with E-state index < -0.39 is 6.04 Å². The third-order valence-electron chi connectivity index (χ3n) is 3.92. The maximum Gasteiger partial charge on any atom is 0.256 e. The minimum Gasteiger partial charge on any atom is -0.373 e. The van der Waals surface area contributed by atoms with Crippen LogP contribution in [-0.4, -0.2) is 17.9 Å². The van der Waals surface area contributed by atoms with Crippen LogP contribution in [0.1, 0.15) is 17.5 Å². The molecule has 5 heteroatoms. The fourth-order valence-corrected chi connectivity index (χ4v) is 2.92. The second-order valence-electron chi connectivity index (χ2n) is 5.77. The second-order valence-corrected chi connectivity index (χ2v) is 6.21. The molecule has 1 atom stereocenters. The van der Waals surface area contributed by atoms with Gasteiger partial charge in [-0.3, -0.25) is 9.59 Å². The third kappa shape index (κ3) is 3.08. The predicted molar refractivity (Wildman–Crippen MR) is 91.9 cm³/mol. The Morgan fingerprint density at radius 2 is 1.91 bits per heavy atom. The first kappa shape index (κ1) is 15.6. The molecule has 2 aromatic rings. The Balaban J connectivity index is 1.87. The summed E-state index contributed by atoms with van der Waals surface area (Å²) < 4.78 is 0. The molecule has 1 N–H and O–H groups in total. The van der Waals surface area contributed by atoms with Crippen molar-refractivity contribution in [2.24, 2.45) is 0 Å². The molecule has 0 aromatic heterocycles. The molecular weight excluding hydrogens is 312 g/mol. The highest BCUT2D eigenvalue weighted by molar-refractivity contribution is 6.31. The highest BCUT2D eigenvalue weighted by atomic mass is 35.5. The van der Waals surface area contributed by atoms with E-state index in [0.29, 0.717) is 10.7 Å². The van der Waals surface area contributed by atoms with Crippen molar-refractivity contribution >= 4 is 34.8 Å². The Labute approximate surface area is 140 Å². The number of carbonyl (C=O) groups is 2. The summed E-state index contributed by atoms with van der Waals surface area (Å²) >= 11 is 6.01. The molecule has 0 bridgehead atoms. The molecule has 1 fully saturated rings. The summed E-state index contributed by atoms with van der Waals surface area (Å²) in [5.41, 5.74) is 3.32. The Bertz CT molecular complexity index is 788. The number of aryl methyl sites for hydroxylation is 2. The van der Waals surface area contributed by atoms with Crippen LogP contribution in [-0.2, 0) is 9.59 Å². The Morgan fingerprint density at radius 3 is 2.65 bits per heavy atom. The summed E-state index contributed by atoms with van der Waals surface area (Å²) in [6.07, 6.45) is 0.138. The SMILES string of the molecule is Cc1cccc(NC2CC(=O)N(c3cc(Cl)ccc3C)C2=O)c1. The van der Waals surface area contributed by atoms with Crippen LogP contribution in [0.5, 0.6) is 0 Å². The van der Waals surface area contributed by atoms with Gasteiger partial charge in [-0.1, -0.05) is 29.8 Å². The summed E-state index contributed by atoms with van der Waals surface area (Å²) in [4.78, 5) is 26.2. The van der Waals surface area contributed by atoms with E-state index >= 15 is 0 Å². The number of nitrogens with zero attached hydrogens (tertiary/aromatic N) is 1. The van der Waals surface area contributed by atoms with Crippen molar-refractivity contribution in [2.45, 2.75) is 26.3 Å². The highest BCUT2D eigenvalue weighted by Gasteiger charge is 2.40. The quantitative estimate of drug-likeness (QED) is 0.874. The van der Waals surface area contributed by atoms with Gasteiger partial charge < -0.3 is 5.32 Å². The lowest BCUT2D eigenvalue weighted by molar-refractivity contribution is -0.121. The number of hydrogen-bond donors (Lipinski definition) is 1. The molecule has 0 saturated carbocycles. The van der Waals surface area contributed by atoms with Crippen LogP contribution in [0.15, 0.2) is 42.5 Å². The molecule has 1 aliphatic heterocycles. The van der Waals surface area contributed by atoms with Crippen molar-refractivity contribution < 1.29 is 9.59 Å². The van der Waals surface area contributed by atoms with Crippen LogP contribution >= 0.6 is 11.6 Å². The van der Waals surface area contributed by atoms with Gasteiger partial charge in [-0.2, -0.15) is 0 Å². The zero-order chi connectivity index (χ0) is 16.6. The van der Waals surface area contributed by atoms with Crippen molar-refractivity contribution in [1.29, 1.82) is 0 Å². The third-order valence-corrected chi connectivity index (χ3v) is 4.15. The van der Waals surface area contributed by atoms with Crippen LogP contribution < -0.4 is 10.2 Å². The van der Waals surface area contributed by atoms with Gasteiger partial charge >= 0.3 is 0 Å². The van der Waals surface area contributed by atoms with Gasteiger partial charge in [-0.15, -0.1) is 0 Å². The number of imide groups is 1. The van der Waals surface area contributed by atoms with E-state index in [1.165, 1.54) is 4.90 Å². The molecule has 118 valence electrons. The first-order chi connectivity index (χ1) is 11.0. The number of anilines is 2. The van der Waals surface area contributed by atoms with Gasteiger partial charge in [0.15, 0.2) is 0 Å². The van der Waals surface area contributed by atoms with Gasteiger partial charge in [0.1, 0.15) is 6.04 Å². The average molecular weight is 329 g/mol. The summed E-state index contributed by atoms with van der Waals surface area (Å²) in [5.74, 6) is -0.465. The van der Waals surface area contributed by atoms with Crippen molar-refractivity contribution in [3.05, 3.63) is 58.6 Å². The normalized spacial score (nSPS) is 17.7. The van der Waals surface area contributed by atoms with E-state index in [-0.39, 0.29) is 18.2 Å². The minimum absolute atomic E-state index is 0.138. The summed E-state index contributed by atoms with van der Waals surface area (Å²) in [6.45, 7) is 3.84. The van der Waals surface area contributed by atoms with Crippen molar-refractivity contribution in [1.82, 2.24) is 0 Å². The fraction of sp³-hybridized carbons (Fsp3) is 0.222. The number of halogens is 1. The molecule has 1 saturated heterocycles. The van der Waals surface area contributed by atoms with Crippen molar-refractivity contribution in [3.63, 3.8) is 0 Å². The minimum atomic E-state index is -0.553. The Morgan fingerprint density at radius 1 is 1.13 bits per heavy atom. The topological polar surface area (TPSA) is 49.4 Å². The maximum absolute atomic E-state index is 12.7. The molecule has 1 unspecified atom stereocenters. The molecule has 0 radical (unpaired) electrons. The van der Waals surface area contributed by atoms with Crippen LogP contribution in [0.25, 0.3) is 0 Å². The van der Waals surface area contributed by atoms with Gasteiger partial charge in [0.2, 0.25) is 5.91 Å². The summed E-state index contributed by atoms with van der Waals surface area (Å²) in [5, 5.41) is 3.65. The van der Waals surface area contributed by atoms with Gasteiger partial charge in [0, 0.05) is 10.7 Å². The lowest BCUT2D eigenvalue weighted by Gasteiger charge is -2.18. The highest BCUT2D eigenvalue weighted by Crippen LogP contribution is 2.30. The second kappa shape index (κ2) is 6.05. The number of amides is 2. The van der Waals surface area contributed by atoms with Crippen LogP contribution in [0.3, 0.4) is 0 Å². The smallest absolute Gasteiger partial charge is 0.256 e. The summed E-state index contributed by atoms with van der Waals surface area (Å²) in [7, 11) is 0. The van der Waals surface area contributed by atoms with E-state index in [1.54, 1.807) is 18.2 Å². The molecule has 0 spiro atoms. The standard InChI is InChI=1S/C18H17ClN2O2/c1-11-4-3-5-14(8-11)20-15-10-17(22)21(18(15)23)16-9-13(19)7-6-12(16)2/h3-9,15,20H,10H2,1-2H3. The predicted octanol–water partition coefficient (Wildman–Crippen LogP) is 3.70. The van der Waals surface area contributed by atoms with Crippen molar-refractivity contribution in [2.75, 3.05) is 10.2 Å². The lowest BCUT2D eigenvalue weighted by Crippen LogP contribution is -2.35. The zero-order valence-electron chi connectivity index (χ0n) is 13.0. The first-order valence-electron chi connectivity index (χ1n) is 7.42. The van der Waals surface area contributed by atoms with Gasteiger partial charge in [0.05, 0.1) is 12.1 Å². The lowest BCUT2D eigenvalue weighted by atomic mass is 10.2. The molecule has 3 rings (SSSR count). The van der Waals surface area contributed by atoms with Gasteiger partial charge in [-0.25, -0.2) is 4.90 Å². The molecule has 2 amide bonds. The number of hydrogen-bond acceptors (Lipinski definition) is 3. The Kier molecular flexibility index (Phi) is 4.09. The zero-order valence-corrected chi connectivity index (χ0v) is 13.7. The largest absolute Gasteiger partial charge is 0.373 e. The van der Waals surface area contributed by atoms with Crippen LogP contribution in [0.2, 0.25) is 5.02 Å². The van der Waals surface area contributed by atoms with E-state index in [4.69, 9.17) is 11.6 Å². The monoisotopic (exact) mass is 328 g/mol. The van der Waals surface area contributed by atoms with Crippen LogP contribution in [0, 0.1) is 13.8 Å². The van der Waals surface area contributed by atoms with E-state index in [1.807, 2.05) is 38.1 Å². The van der Waals surface area contributed by atoms with E-state index in [0.717, 1.165) is 16.8 Å². The van der Waals surface area contributed by atoms with E-state index in [9.17, 15) is 9.59 Å². The molecule has 1 aliphatic rings. The van der Waals surface area contributed by atoms with E-state index in [2.05, 4.69) is 5.32 Å². The molecule has 4 nitrogen and oxygen atoms in total. The van der Waals surface area contributed by atoms with Gasteiger partial charge in [0.25, 0.3) is 5.91 Å². The number of rotatable bonds is 3. The fourth-order valence-electron chi connectivity index (χ4n) is 2.76. The molecule has 0 aliphatic carbocycles. The molecule has 2 aromatic carbocycles. The van der Waals surface area contributed by atoms with Crippen molar-refractivity contribution in [3.8, 4) is 0 Å². The maximum atomic E-state index is 12.7. The molecular formula is C18H17ClN2O2. The number of benzene rings is 2. The molecule has 1 heterocycles. The Hall–Kier alpha value is -2.33.